The zero-order valence-electron chi connectivity index (χ0n) is 11.9. The summed E-state index contributed by atoms with van der Waals surface area (Å²) in [6.07, 6.45) is 0.842. The highest BCUT2D eigenvalue weighted by Gasteiger charge is 2.31. The van der Waals surface area contributed by atoms with Crippen molar-refractivity contribution in [2.45, 2.75) is 26.3 Å². The summed E-state index contributed by atoms with van der Waals surface area (Å²) < 4.78 is 5.44. The molecule has 1 aromatic rings. The fourth-order valence-electron chi connectivity index (χ4n) is 2.35. The zero-order chi connectivity index (χ0) is 14.7. The van der Waals surface area contributed by atoms with Crippen molar-refractivity contribution in [3.8, 4) is 0 Å². The van der Waals surface area contributed by atoms with Gasteiger partial charge >= 0.3 is 5.69 Å². The van der Waals surface area contributed by atoms with Crippen molar-refractivity contribution in [3.63, 3.8) is 0 Å². The highest BCUT2D eigenvalue weighted by atomic mass is 16.6. The lowest BCUT2D eigenvalue weighted by Crippen LogP contribution is -2.46. The topological polar surface area (TPSA) is 93.4 Å². The standard InChI is InChI=1S/C12H19N5O3/c1-4-9-7-20-6-5-16(9)11-10(17(18)19)8(2)14-12(13-3)15-11/h9H,4-7H2,1-3H3,(H,13,14,15). The van der Waals surface area contributed by atoms with E-state index in [1.165, 1.54) is 0 Å². The van der Waals surface area contributed by atoms with Crippen LogP contribution in [0.5, 0.6) is 0 Å². The second-order valence-electron chi connectivity index (χ2n) is 4.64. The first-order valence-corrected chi connectivity index (χ1v) is 6.63. The van der Waals surface area contributed by atoms with Gasteiger partial charge in [-0.05, 0) is 13.3 Å². The first kappa shape index (κ1) is 14.4. The second kappa shape index (κ2) is 6.00. The van der Waals surface area contributed by atoms with Crippen LogP contribution in [0.4, 0.5) is 17.5 Å². The number of nitrogens with zero attached hydrogens (tertiary/aromatic N) is 4. The predicted octanol–water partition coefficient (Wildman–Crippen LogP) is 1.35. The van der Waals surface area contributed by atoms with Gasteiger partial charge in [-0.15, -0.1) is 0 Å². The number of ether oxygens (including phenoxy) is 1. The lowest BCUT2D eigenvalue weighted by molar-refractivity contribution is -0.385. The Morgan fingerprint density at radius 3 is 2.90 bits per heavy atom. The number of aryl methyl sites for hydroxylation is 1. The fourth-order valence-corrected chi connectivity index (χ4v) is 2.35. The van der Waals surface area contributed by atoms with Crippen LogP contribution in [0.15, 0.2) is 0 Å². The molecule has 8 nitrogen and oxygen atoms in total. The van der Waals surface area contributed by atoms with E-state index in [0.717, 1.165) is 6.42 Å². The Kier molecular flexibility index (Phi) is 4.33. The van der Waals surface area contributed by atoms with Crippen LogP contribution < -0.4 is 10.2 Å². The highest BCUT2D eigenvalue weighted by Crippen LogP contribution is 2.32. The van der Waals surface area contributed by atoms with E-state index < -0.39 is 4.92 Å². The molecule has 1 fully saturated rings. The molecule has 1 atom stereocenters. The maximum absolute atomic E-state index is 11.3. The van der Waals surface area contributed by atoms with Crippen molar-refractivity contribution in [2.75, 3.05) is 37.0 Å². The van der Waals surface area contributed by atoms with Crippen LogP contribution in [0.1, 0.15) is 19.0 Å². The average Bonchev–Trinajstić information content (AvgIpc) is 2.45. The lowest BCUT2D eigenvalue weighted by Gasteiger charge is -2.35. The van der Waals surface area contributed by atoms with Crippen molar-refractivity contribution in [3.05, 3.63) is 15.8 Å². The van der Waals surface area contributed by atoms with Gasteiger partial charge in [-0.3, -0.25) is 10.1 Å². The van der Waals surface area contributed by atoms with Gasteiger partial charge in [0.05, 0.1) is 24.2 Å². The molecule has 0 bridgehead atoms. The number of hydrogen-bond acceptors (Lipinski definition) is 7. The molecule has 1 N–H and O–H groups in total. The minimum absolute atomic E-state index is 0.0237. The van der Waals surface area contributed by atoms with E-state index in [2.05, 4.69) is 15.3 Å². The molecule has 0 aromatic carbocycles. The number of morpholine rings is 1. The number of anilines is 2. The van der Waals surface area contributed by atoms with Gasteiger partial charge in [-0.25, -0.2) is 4.98 Å². The third kappa shape index (κ3) is 2.64. The molecule has 0 radical (unpaired) electrons. The quantitative estimate of drug-likeness (QED) is 0.657. The molecule has 2 heterocycles. The van der Waals surface area contributed by atoms with Crippen LogP contribution in [-0.4, -0.2) is 47.7 Å². The van der Waals surface area contributed by atoms with Gasteiger partial charge in [-0.2, -0.15) is 4.98 Å². The van der Waals surface area contributed by atoms with Gasteiger partial charge in [0.1, 0.15) is 5.69 Å². The molecule has 1 aliphatic heterocycles. The average molecular weight is 281 g/mol. The predicted molar refractivity (Wildman–Crippen MR) is 75.2 cm³/mol. The molecule has 8 heteroatoms. The summed E-state index contributed by atoms with van der Waals surface area (Å²) >= 11 is 0. The number of nitrogens with one attached hydrogen (secondary N) is 1. The van der Waals surface area contributed by atoms with Crippen molar-refractivity contribution in [1.29, 1.82) is 0 Å². The number of rotatable bonds is 4. The zero-order valence-corrected chi connectivity index (χ0v) is 11.9. The summed E-state index contributed by atoms with van der Waals surface area (Å²) in [6.45, 7) is 5.37. The molecular formula is C12H19N5O3. The molecule has 0 aliphatic carbocycles. The molecule has 0 spiro atoms. The largest absolute Gasteiger partial charge is 0.377 e. The van der Waals surface area contributed by atoms with E-state index in [9.17, 15) is 10.1 Å². The Bertz CT molecular complexity index is 508. The van der Waals surface area contributed by atoms with Gasteiger partial charge in [0.25, 0.3) is 0 Å². The normalized spacial score (nSPS) is 18.9. The molecule has 0 amide bonds. The van der Waals surface area contributed by atoms with Crippen molar-refractivity contribution in [1.82, 2.24) is 9.97 Å². The maximum Gasteiger partial charge on any atom is 0.332 e. The van der Waals surface area contributed by atoms with Crippen molar-refractivity contribution in [2.24, 2.45) is 0 Å². The number of aromatic nitrogens is 2. The van der Waals surface area contributed by atoms with Crippen LogP contribution in [0.3, 0.4) is 0 Å². The number of nitro groups is 1. The van der Waals surface area contributed by atoms with Crippen LogP contribution in [0, 0.1) is 17.0 Å². The summed E-state index contributed by atoms with van der Waals surface area (Å²) in [4.78, 5) is 21.3. The molecule has 20 heavy (non-hydrogen) atoms. The van der Waals surface area contributed by atoms with Gasteiger partial charge in [0, 0.05) is 13.6 Å². The molecule has 110 valence electrons. The van der Waals surface area contributed by atoms with E-state index in [1.807, 2.05) is 11.8 Å². The summed E-state index contributed by atoms with van der Waals surface area (Å²) in [5.41, 5.74) is 0.343. The Hall–Kier alpha value is -1.96. The molecule has 1 aliphatic rings. The Morgan fingerprint density at radius 1 is 1.55 bits per heavy atom. The van der Waals surface area contributed by atoms with E-state index in [0.29, 0.717) is 37.2 Å². The Morgan fingerprint density at radius 2 is 2.30 bits per heavy atom. The summed E-state index contributed by atoms with van der Waals surface area (Å²) in [5, 5.41) is 14.2. The first-order valence-electron chi connectivity index (χ1n) is 6.63. The highest BCUT2D eigenvalue weighted by molar-refractivity contribution is 5.63. The summed E-state index contributed by atoms with van der Waals surface area (Å²) in [6, 6.07) is 0.0986. The minimum atomic E-state index is -0.410. The smallest absolute Gasteiger partial charge is 0.332 e. The van der Waals surface area contributed by atoms with Crippen molar-refractivity contribution < 1.29 is 9.66 Å². The van der Waals surface area contributed by atoms with E-state index >= 15 is 0 Å². The summed E-state index contributed by atoms with van der Waals surface area (Å²) in [5.74, 6) is 0.770. The number of hydrogen-bond donors (Lipinski definition) is 1. The third-order valence-electron chi connectivity index (χ3n) is 3.42. The van der Waals surface area contributed by atoms with Gasteiger partial charge in [-0.1, -0.05) is 6.92 Å². The first-order chi connectivity index (χ1) is 9.58. The SMILES string of the molecule is CCC1COCCN1c1nc(NC)nc(C)c1[N+](=O)[O-]. The van der Waals surface area contributed by atoms with Crippen molar-refractivity contribution >= 4 is 17.5 Å². The maximum atomic E-state index is 11.3. The van der Waals surface area contributed by atoms with E-state index in [4.69, 9.17) is 4.74 Å². The molecule has 1 aromatic heterocycles. The minimum Gasteiger partial charge on any atom is -0.377 e. The van der Waals surface area contributed by atoms with Gasteiger partial charge < -0.3 is 15.0 Å². The Balaban J connectivity index is 2.51. The Labute approximate surface area is 117 Å². The van der Waals surface area contributed by atoms with Crippen LogP contribution in [0.2, 0.25) is 0 Å². The fraction of sp³-hybridized carbons (Fsp3) is 0.667. The van der Waals surface area contributed by atoms with Crippen LogP contribution in [0.25, 0.3) is 0 Å². The second-order valence-corrected chi connectivity index (χ2v) is 4.64. The van der Waals surface area contributed by atoms with Gasteiger partial charge in [0.15, 0.2) is 0 Å². The molecule has 1 saturated heterocycles. The van der Waals surface area contributed by atoms with Gasteiger partial charge in [0.2, 0.25) is 11.8 Å². The molecular weight excluding hydrogens is 262 g/mol. The third-order valence-corrected chi connectivity index (χ3v) is 3.42. The summed E-state index contributed by atoms with van der Waals surface area (Å²) in [7, 11) is 1.70. The van der Waals surface area contributed by atoms with E-state index in [1.54, 1.807) is 14.0 Å². The molecule has 1 unspecified atom stereocenters. The monoisotopic (exact) mass is 281 g/mol. The van der Waals surface area contributed by atoms with Crippen LogP contribution >= 0.6 is 0 Å². The van der Waals surface area contributed by atoms with Crippen LogP contribution in [-0.2, 0) is 4.74 Å². The molecule has 2 rings (SSSR count). The molecule has 0 saturated carbocycles. The lowest BCUT2D eigenvalue weighted by atomic mass is 10.1. The van der Waals surface area contributed by atoms with E-state index in [-0.39, 0.29) is 11.7 Å².